The van der Waals surface area contributed by atoms with Crippen molar-refractivity contribution in [2.45, 2.75) is 148 Å². The number of esters is 1. The fraction of sp³-hybridized carbons (Fsp3) is 0.471. The van der Waals surface area contributed by atoms with Crippen LogP contribution in [0, 0.1) is 6.92 Å². The summed E-state index contributed by atoms with van der Waals surface area (Å²) in [5.74, 6) is 0.770. The van der Waals surface area contributed by atoms with Crippen molar-refractivity contribution in [3.05, 3.63) is 126 Å². The molecule has 294 valence electrons. The number of aryl methyl sites for hydroxylation is 1. The molecule has 5 rings (SSSR count). The van der Waals surface area contributed by atoms with Crippen molar-refractivity contribution in [1.82, 2.24) is 0 Å². The second kappa shape index (κ2) is 20.3. The maximum absolute atomic E-state index is 11.9. The van der Waals surface area contributed by atoms with E-state index in [4.69, 9.17) is 9.47 Å². The molecule has 0 N–H and O–H groups in total. The summed E-state index contributed by atoms with van der Waals surface area (Å²) in [4.78, 5) is 14.5. The Morgan fingerprint density at radius 3 is 1.89 bits per heavy atom. The Labute approximate surface area is 337 Å². The molecule has 4 aromatic rings. The second-order valence-corrected chi connectivity index (χ2v) is 17.3. The molecular weight excluding hydrogens is 693 g/mol. The number of benzene rings is 3. The van der Waals surface area contributed by atoms with Crippen molar-refractivity contribution in [2.75, 3.05) is 6.61 Å². The van der Waals surface area contributed by atoms with Crippen LogP contribution < -0.4 is 4.74 Å². The van der Waals surface area contributed by atoms with E-state index in [0.717, 1.165) is 38.0 Å². The van der Waals surface area contributed by atoms with Crippen LogP contribution in [0.1, 0.15) is 152 Å². The summed E-state index contributed by atoms with van der Waals surface area (Å²) in [6.07, 6.45) is 19.6. The first-order chi connectivity index (χ1) is 26.7. The highest BCUT2D eigenvalue weighted by atomic mass is 32.1. The number of rotatable bonds is 23. The zero-order valence-electron chi connectivity index (χ0n) is 34.5. The standard InChI is InChI=1S/C51H66O3S/c1-8-12-33-51(34-13-9-2)44-30-26-40(37-45(44)50(6,7)43-29-23-38(5)36-46(43)51)48-32-31-47(55-48)39-24-27-42(28-25-39)53-35-21-19-17-15-14-16-18-20-22-49(52)54-41(10-3)11-4/h10-11,23-32,36-37,41H,3-4,8-9,12-22,33-35H2,1-2,5-7H3. The topological polar surface area (TPSA) is 35.5 Å². The first-order valence-corrected chi connectivity index (χ1v) is 22.0. The number of hydrogen-bond acceptors (Lipinski definition) is 4. The van der Waals surface area contributed by atoms with Gasteiger partial charge in [-0.15, -0.1) is 11.3 Å². The van der Waals surface area contributed by atoms with E-state index < -0.39 is 0 Å². The van der Waals surface area contributed by atoms with Crippen LogP contribution in [-0.4, -0.2) is 18.7 Å². The highest BCUT2D eigenvalue weighted by Gasteiger charge is 2.46. The molecule has 0 radical (unpaired) electrons. The molecule has 0 amide bonds. The molecule has 0 aliphatic heterocycles. The average molecular weight is 759 g/mol. The molecule has 0 spiro atoms. The van der Waals surface area contributed by atoms with Gasteiger partial charge in [0.2, 0.25) is 0 Å². The molecule has 55 heavy (non-hydrogen) atoms. The van der Waals surface area contributed by atoms with Crippen LogP contribution >= 0.6 is 11.3 Å². The van der Waals surface area contributed by atoms with Crippen LogP contribution in [0.3, 0.4) is 0 Å². The molecule has 3 nitrogen and oxygen atoms in total. The van der Waals surface area contributed by atoms with Crippen LogP contribution in [0.2, 0.25) is 0 Å². The maximum Gasteiger partial charge on any atom is 0.306 e. The van der Waals surface area contributed by atoms with Gasteiger partial charge in [-0.2, -0.15) is 0 Å². The summed E-state index contributed by atoms with van der Waals surface area (Å²) in [5.41, 5.74) is 10.1. The predicted octanol–water partition coefficient (Wildman–Crippen LogP) is 14.9. The summed E-state index contributed by atoms with van der Waals surface area (Å²) in [6.45, 7) is 19.9. The van der Waals surface area contributed by atoms with E-state index in [-0.39, 0.29) is 22.9 Å². The molecule has 0 saturated carbocycles. The lowest BCUT2D eigenvalue weighted by molar-refractivity contribution is -0.145. The van der Waals surface area contributed by atoms with Crippen LogP contribution in [0.4, 0.5) is 0 Å². The Balaban J connectivity index is 1.14. The summed E-state index contributed by atoms with van der Waals surface area (Å²) in [7, 11) is 0. The van der Waals surface area contributed by atoms with Gasteiger partial charge in [-0.05, 0) is 121 Å². The van der Waals surface area contributed by atoms with Crippen molar-refractivity contribution in [3.8, 4) is 26.6 Å². The molecule has 1 aliphatic carbocycles. The van der Waals surface area contributed by atoms with Crippen LogP contribution in [0.5, 0.6) is 5.75 Å². The van der Waals surface area contributed by atoms with Crippen LogP contribution in [0.25, 0.3) is 20.9 Å². The quantitative estimate of drug-likeness (QED) is 0.0429. The van der Waals surface area contributed by atoms with Crippen LogP contribution in [0.15, 0.2) is 98.1 Å². The Hall–Kier alpha value is -3.89. The largest absolute Gasteiger partial charge is 0.494 e. The Morgan fingerprint density at radius 2 is 1.25 bits per heavy atom. The second-order valence-electron chi connectivity index (χ2n) is 16.3. The van der Waals surface area contributed by atoms with E-state index >= 15 is 0 Å². The number of carbonyl (C=O) groups is 1. The molecule has 1 heterocycles. The van der Waals surface area contributed by atoms with Gasteiger partial charge in [-0.3, -0.25) is 4.79 Å². The van der Waals surface area contributed by atoms with Crippen molar-refractivity contribution in [3.63, 3.8) is 0 Å². The van der Waals surface area contributed by atoms with Gasteiger partial charge >= 0.3 is 5.97 Å². The fourth-order valence-electron chi connectivity index (χ4n) is 8.53. The minimum absolute atomic E-state index is 0.0616. The monoisotopic (exact) mass is 758 g/mol. The first kappa shape index (κ1) is 42.3. The van der Waals surface area contributed by atoms with E-state index in [1.165, 1.54) is 102 Å². The van der Waals surface area contributed by atoms with E-state index in [2.05, 4.69) is 121 Å². The molecule has 0 atom stereocenters. The highest BCUT2D eigenvalue weighted by molar-refractivity contribution is 7.18. The molecule has 0 bridgehead atoms. The van der Waals surface area contributed by atoms with Gasteiger partial charge < -0.3 is 9.47 Å². The summed E-state index contributed by atoms with van der Waals surface area (Å²) >= 11 is 1.88. The lowest BCUT2D eigenvalue weighted by atomic mass is 9.55. The normalized spacial score (nSPS) is 13.9. The molecule has 0 saturated heterocycles. The lowest BCUT2D eigenvalue weighted by Crippen LogP contribution is -2.40. The number of carbonyl (C=O) groups excluding carboxylic acids is 1. The lowest BCUT2D eigenvalue weighted by Gasteiger charge is -2.48. The highest BCUT2D eigenvalue weighted by Crippen LogP contribution is 2.55. The number of unbranched alkanes of at least 4 members (excludes halogenated alkanes) is 9. The fourth-order valence-corrected chi connectivity index (χ4v) is 9.54. The summed E-state index contributed by atoms with van der Waals surface area (Å²) < 4.78 is 11.4. The van der Waals surface area contributed by atoms with Gasteiger partial charge in [0.25, 0.3) is 0 Å². The predicted molar refractivity (Wildman–Crippen MR) is 236 cm³/mol. The van der Waals surface area contributed by atoms with Gasteiger partial charge in [0, 0.05) is 27.0 Å². The van der Waals surface area contributed by atoms with Crippen molar-refractivity contribution >= 4 is 17.3 Å². The van der Waals surface area contributed by atoms with E-state index in [0.29, 0.717) is 6.42 Å². The number of ether oxygens (including phenoxy) is 2. The third-order valence-corrected chi connectivity index (χ3v) is 13.0. The Kier molecular flexibility index (Phi) is 15.6. The average Bonchev–Trinajstić information content (AvgIpc) is 3.69. The minimum atomic E-state index is -0.382. The maximum atomic E-state index is 11.9. The van der Waals surface area contributed by atoms with Gasteiger partial charge in [-0.25, -0.2) is 0 Å². The van der Waals surface area contributed by atoms with Gasteiger partial charge in [-0.1, -0.05) is 141 Å². The number of fused-ring (bicyclic) bond motifs is 2. The zero-order valence-corrected chi connectivity index (χ0v) is 35.3. The first-order valence-electron chi connectivity index (χ1n) is 21.2. The van der Waals surface area contributed by atoms with Crippen molar-refractivity contribution < 1.29 is 14.3 Å². The number of thiophene rings is 1. The zero-order chi connectivity index (χ0) is 39.3. The summed E-state index contributed by atoms with van der Waals surface area (Å²) in [5, 5.41) is 0. The molecular formula is C51H66O3S. The van der Waals surface area contributed by atoms with E-state index in [1.807, 2.05) is 11.3 Å². The smallest absolute Gasteiger partial charge is 0.306 e. The third-order valence-electron chi connectivity index (χ3n) is 11.8. The number of hydrogen-bond donors (Lipinski definition) is 0. The third kappa shape index (κ3) is 10.5. The van der Waals surface area contributed by atoms with E-state index in [9.17, 15) is 4.79 Å². The molecule has 1 aliphatic rings. The minimum Gasteiger partial charge on any atom is -0.494 e. The summed E-state index contributed by atoms with van der Waals surface area (Å²) in [6, 6.07) is 27.9. The Morgan fingerprint density at radius 1 is 0.673 bits per heavy atom. The molecule has 3 aromatic carbocycles. The SMILES string of the molecule is C=CC(C=C)OC(=O)CCCCCCCCCCOc1ccc(-c2ccc(-c3ccc4c(c3)C(C)(C)c3ccc(C)cc3C4(CCCC)CCCC)s2)cc1. The molecule has 0 unspecified atom stereocenters. The Bertz CT molecular complexity index is 1830. The van der Waals surface area contributed by atoms with Gasteiger partial charge in [0.15, 0.2) is 0 Å². The molecule has 1 aromatic heterocycles. The van der Waals surface area contributed by atoms with Crippen molar-refractivity contribution in [1.29, 1.82) is 0 Å². The van der Waals surface area contributed by atoms with Gasteiger partial charge in [0.05, 0.1) is 6.61 Å². The van der Waals surface area contributed by atoms with Crippen LogP contribution in [-0.2, 0) is 20.4 Å². The molecule has 0 fully saturated rings. The molecule has 4 heteroatoms. The van der Waals surface area contributed by atoms with Crippen molar-refractivity contribution in [2.24, 2.45) is 0 Å². The van der Waals surface area contributed by atoms with E-state index in [1.54, 1.807) is 23.3 Å². The van der Waals surface area contributed by atoms with Gasteiger partial charge in [0.1, 0.15) is 11.9 Å².